The maximum absolute atomic E-state index is 5.31. The number of likely N-dealkylation sites (tertiary alicyclic amines) is 1. The molecule has 3 nitrogen and oxygen atoms in total. The van der Waals surface area contributed by atoms with Crippen LogP contribution in [-0.4, -0.2) is 37.7 Å². The van der Waals surface area contributed by atoms with E-state index in [1.54, 1.807) is 7.11 Å². The van der Waals surface area contributed by atoms with Gasteiger partial charge < -0.3 is 10.1 Å². The van der Waals surface area contributed by atoms with Crippen molar-refractivity contribution in [3.63, 3.8) is 0 Å². The quantitative estimate of drug-likeness (QED) is 0.869. The molecule has 1 saturated heterocycles. The van der Waals surface area contributed by atoms with Crippen LogP contribution in [0.3, 0.4) is 0 Å². The third kappa shape index (κ3) is 3.94. The maximum atomic E-state index is 5.31. The van der Waals surface area contributed by atoms with Crippen LogP contribution < -0.4 is 10.1 Å². The Bertz CT molecular complexity index is 411. The Morgan fingerprint density at radius 3 is 3.05 bits per heavy atom. The zero-order valence-corrected chi connectivity index (χ0v) is 13.4. The van der Waals surface area contributed by atoms with E-state index >= 15 is 0 Å². The van der Waals surface area contributed by atoms with E-state index in [9.17, 15) is 0 Å². The summed E-state index contributed by atoms with van der Waals surface area (Å²) in [5.74, 6) is 0.931. The van der Waals surface area contributed by atoms with Gasteiger partial charge in [-0.1, -0.05) is 22.9 Å². The summed E-state index contributed by atoms with van der Waals surface area (Å²) in [7, 11) is 1.72. The molecule has 1 atom stereocenters. The lowest BCUT2D eigenvalue weighted by Gasteiger charge is -2.25. The van der Waals surface area contributed by atoms with Crippen molar-refractivity contribution in [2.45, 2.75) is 32.4 Å². The van der Waals surface area contributed by atoms with E-state index in [0.717, 1.165) is 25.4 Å². The van der Waals surface area contributed by atoms with Gasteiger partial charge >= 0.3 is 0 Å². The van der Waals surface area contributed by atoms with E-state index in [2.05, 4.69) is 45.2 Å². The van der Waals surface area contributed by atoms with E-state index < -0.39 is 0 Å². The van der Waals surface area contributed by atoms with E-state index in [-0.39, 0.29) is 0 Å². The monoisotopic (exact) mass is 326 g/mol. The zero-order chi connectivity index (χ0) is 13.7. The molecular formula is C15H23BrN2O. The van der Waals surface area contributed by atoms with Gasteiger partial charge in [-0.15, -0.1) is 0 Å². The first-order valence-corrected chi connectivity index (χ1v) is 7.81. The lowest BCUT2D eigenvalue weighted by molar-refractivity contribution is 0.239. The molecule has 1 N–H and O–H groups in total. The summed E-state index contributed by atoms with van der Waals surface area (Å²) < 4.78 is 6.48. The highest BCUT2D eigenvalue weighted by atomic mass is 79.9. The van der Waals surface area contributed by atoms with Gasteiger partial charge in [0.25, 0.3) is 0 Å². The maximum Gasteiger partial charge on any atom is 0.119 e. The van der Waals surface area contributed by atoms with Crippen LogP contribution in [-0.2, 0) is 6.54 Å². The summed E-state index contributed by atoms with van der Waals surface area (Å²) in [6.07, 6.45) is 2.60. The normalized spacial score (nSPS) is 19.8. The van der Waals surface area contributed by atoms with Crippen LogP contribution in [0.5, 0.6) is 5.75 Å². The molecule has 1 aliphatic heterocycles. The number of hydrogen-bond donors (Lipinski definition) is 1. The number of hydrogen-bond acceptors (Lipinski definition) is 3. The number of benzene rings is 1. The van der Waals surface area contributed by atoms with Gasteiger partial charge in [0.05, 0.1) is 7.11 Å². The average Bonchev–Trinajstić information content (AvgIpc) is 2.86. The predicted molar refractivity (Wildman–Crippen MR) is 82.7 cm³/mol. The van der Waals surface area contributed by atoms with Crippen molar-refractivity contribution in [1.82, 2.24) is 10.2 Å². The number of methoxy groups -OCH3 is 1. The van der Waals surface area contributed by atoms with Crippen LogP contribution in [0.15, 0.2) is 22.7 Å². The number of nitrogens with one attached hydrogen (secondary N) is 1. The van der Waals surface area contributed by atoms with E-state index in [1.165, 1.54) is 29.4 Å². The SMILES string of the molecule is CCNCC1CCCN1Cc1cc(OC)ccc1Br. The minimum atomic E-state index is 0.665. The lowest BCUT2D eigenvalue weighted by atomic mass is 10.1. The largest absolute Gasteiger partial charge is 0.497 e. The van der Waals surface area contributed by atoms with E-state index in [4.69, 9.17) is 4.74 Å². The first kappa shape index (κ1) is 14.8. The molecule has 4 heteroatoms. The lowest BCUT2D eigenvalue weighted by Crippen LogP contribution is -2.37. The van der Waals surface area contributed by atoms with Gasteiger partial charge in [0.15, 0.2) is 0 Å². The van der Waals surface area contributed by atoms with Crippen LogP contribution in [0.1, 0.15) is 25.3 Å². The molecule has 1 heterocycles. The third-order valence-electron chi connectivity index (χ3n) is 3.76. The fourth-order valence-electron chi connectivity index (χ4n) is 2.66. The summed E-state index contributed by atoms with van der Waals surface area (Å²) in [4.78, 5) is 2.57. The van der Waals surface area contributed by atoms with Crippen molar-refractivity contribution in [2.24, 2.45) is 0 Å². The third-order valence-corrected chi connectivity index (χ3v) is 4.53. The second-order valence-electron chi connectivity index (χ2n) is 5.03. The molecule has 1 aromatic carbocycles. The van der Waals surface area contributed by atoms with Crippen LogP contribution in [0.2, 0.25) is 0 Å². The molecule has 1 aromatic rings. The zero-order valence-electron chi connectivity index (χ0n) is 11.8. The van der Waals surface area contributed by atoms with Crippen molar-refractivity contribution in [2.75, 3.05) is 26.7 Å². The van der Waals surface area contributed by atoms with Gasteiger partial charge in [0.1, 0.15) is 5.75 Å². The summed E-state index contributed by atoms with van der Waals surface area (Å²) in [5, 5.41) is 3.47. The number of ether oxygens (including phenoxy) is 1. The smallest absolute Gasteiger partial charge is 0.119 e. The van der Waals surface area contributed by atoms with Crippen molar-refractivity contribution < 1.29 is 4.74 Å². The molecule has 0 aliphatic carbocycles. The molecule has 106 valence electrons. The summed E-state index contributed by atoms with van der Waals surface area (Å²) in [5.41, 5.74) is 1.31. The molecule has 2 rings (SSSR count). The van der Waals surface area contributed by atoms with Crippen LogP contribution in [0, 0.1) is 0 Å². The standard InChI is InChI=1S/C15H23BrN2O/c1-3-17-10-13-5-4-8-18(13)11-12-9-14(19-2)6-7-15(12)16/h6-7,9,13,17H,3-5,8,10-11H2,1-2H3. The number of rotatable bonds is 6. The van der Waals surface area contributed by atoms with Gasteiger partial charge in [0.2, 0.25) is 0 Å². The molecule has 0 spiro atoms. The van der Waals surface area contributed by atoms with Crippen LogP contribution >= 0.6 is 15.9 Å². The van der Waals surface area contributed by atoms with Gasteiger partial charge in [0, 0.05) is 23.6 Å². The van der Waals surface area contributed by atoms with Crippen molar-refractivity contribution in [1.29, 1.82) is 0 Å². The minimum absolute atomic E-state index is 0.665. The molecule has 0 bridgehead atoms. The summed E-state index contributed by atoms with van der Waals surface area (Å²) >= 11 is 3.64. The molecule has 0 aromatic heterocycles. The first-order valence-electron chi connectivity index (χ1n) is 7.01. The topological polar surface area (TPSA) is 24.5 Å². The van der Waals surface area contributed by atoms with E-state index in [1.807, 2.05) is 6.07 Å². The van der Waals surface area contributed by atoms with Crippen molar-refractivity contribution >= 4 is 15.9 Å². The fourth-order valence-corrected chi connectivity index (χ4v) is 3.04. The van der Waals surface area contributed by atoms with Gasteiger partial charge in [-0.2, -0.15) is 0 Å². The van der Waals surface area contributed by atoms with Gasteiger partial charge in [-0.05, 0) is 49.7 Å². The Kier molecular flexibility index (Phi) is 5.67. The highest BCUT2D eigenvalue weighted by Crippen LogP contribution is 2.26. The predicted octanol–water partition coefficient (Wildman–Crippen LogP) is 3.03. The Balaban J connectivity index is 2.03. The highest BCUT2D eigenvalue weighted by molar-refractivity contribution is 9.10. The molecule has 0 amide bonds. The van der Waals surface area contributed by atoms with E-state index in [0.29, 0.717) is 6.04 Å². The molecule has 1 aliphatic rings. The Morgan fingerprint density at radius 1 is 1.47 bits per heavy atom. The Hall–Kier alpha value is -0.580. The second kappa shape index (κ2) is 7.27. The summed E-state index contributed by atoms with van der Waals surface area (Å²) in [6.45, 7) is 6.50. The van der Waals surface area contributed by atoms with Crippen molar-refractivity contribution in [3.8, 4) is 5.75 Å². The molecule has 0 radical (unpaired) electrons. The Labute approximate surface area is 124 Å². The Morgan fingerprint density at radius 2 is 2.32 bits per heavy atom. The minimum Gasteiger partial charge on any atom is -0.497 e. The second-order valence-corrected chi connectivity index (χ2v) is 5.89. The molecular weight excluding hydrogens is 304 g/mol. The fraction of sp³-hybridized carbons (Fsp3) is 0.600. The van der Waals surface area contributed by atoms with Crippen molar-refractivity contribution in [3.05, 3.63) is 28.2 Å². The number of nitrogens with zero attached hydrogens (tertiary/aromatic N) is 1. The molecule has 19 heavy (non-hydrogen) atoms. The van der Waals surface area contributed by atoms with Gasteiger partial charge in [-0.25, -0.2) is 0 Å². The average molecular weight is 327 g/mol. The highest BCUT2D eigenvalue weighted by Gasteiger charge is 2.24. The first-order chi connectivity index (χ1) is 9.24. The molecule has 0 saturated carbocycles. The number of likely N-dealkylation sites (N-methyl/N-ethyl adjacent to an activating group) is 1. The molecule has 1 unspecified atom stereocenters. The summed E-state index contributed by atoms with van der Waals surface area (Å²) in [6, 6.07) is 6.86. The molecule has 1 fully saturated rings. The van der Waals surface area contributed by atoms with Crippen LogP contribution in [0.4, 0.5) is 0 Å². The van der Waals surface area contributed by atoms with Crippen LogP contribution in [0.25, 0.3) is 0 Å². The number of halogens is 1. The van der Waals surface area contributed by atoms with Gasteiger partial charge in [-0.3, -0.25) is 4.90 Å².